The van der Waals surface area contributed by atoms with E-state index in [0.29, 0.717) is 11.4 Å². The summed E-state index contributed by atoms with van der Waals surface area (Å²) in [5, 5.41) is 4.40. The van der Waals surface area contributed by atoms with Crippen LogP contribution in [0.1, 0.15) is 11.1 Å². The molecule has 0 saturated carbocycles. The van der Waals surface area contributed by atoms with Gasteiger partial charge in [0.25, 0.3) is 0 Å². The Balaban J connectivity index is 0.00000156. The van der Waals surface area contributed by atoms with Gasteiger partial charge in [-0.3, -0.25) is 9.67 Å². The number of oxazole rings is 1. The fourth-order valence-electron chi connectivity index (χ4n) is 2.71. The number of rotatable bonds is 2. The van der Waals surface area contributed by atoms with Crippen LogP contribution in [-0.2, 0) is 20.1 Å². The molecule has 4 rings (SSSR count). The van der Waals surface area contributed by atoms with E-state index in [9.17, 15) is 0 Å². The van der Waals surface area contributed by atoms with Gasteiger partial charge >= 0.3 is 0 Å². The molecular formula is C17H13IrN4O-. The van der Waals surface area contributed by atoms with Gasteiger partial charge in [-0.1, -0.05) is 23.8 Å². The van der Waals surface area contributed by atoms with E-state index in [0.717, 1.165) is 27.9 Å². The molecule has 5 nitrogen and oxygen atoms in total. The average Bonchev–Trinajstić information content (AvgIpc) is 3.15. The normalized spacial score (nSPS) is 10.7. The van der Waals surface area contributed by atoms with Crippen LogP contribution in [0, 0.1) is 19.9 Å². The van der Waals surface area contributed by atoms with Crippen molar-refractivity contribution in [3.63, 3.8) is 0 Å². The maximum Gasteiger partial charge on any atom is 0.169 e. The minimum atomic E-state index is 0. The number of benzene rings is 2. The Morgan fingerprint density at radius 1 is 1.09 bits per heavy atom. The minimum Gasteiger partial charge on any atom is -0.490 e. The number of aromatic nitrogens is 4. The Kier molecular flexibility index (Phi) is 4.11. The molecule has 0 saturated heterocycles. The van der Waals surface area contributed by atoms with E-state index in [1.807, 2.05) is 22.9 Å². The van der Waals surface area contributed by atoms with Gasteiger partial charge in [-0.05, 0) is 25.0 Å². The van der Waals surface area contributed by atoms with Crippen molar-refractivity contribution in [3.8, 4) is 17.1 Å². The third kappa shape index (κ3) is 2.50. The van der Waals surface area contributed by atoms with E-state index in [-0.39, 0.29) is 20.1 Å². The summed E-state index contributed by atoms with van der Waals surface area (Å²) >= 11 is 0. The number of hydrogen-bond acceptors (Lipinski definition) is 4. The van der Waals surface area contributed by atoms with Crippen LogP contribution in [0.15, 0.2) is 47.5 Å². The Hall–Kier alpha value is -2.30. The van der Waals surface area contributed by atoms with Gasteiger partial charge in [0.2, 0.25) is 0 Å². The van der Waals surface area contributed by atoms with Crippen molar-refractivity contribution in [2.45, 2.75) is 13.8 Å². The largest absolute Gasteiger partial charge is 0.490 e. The first-order chi connectivity index (χ1) is 10.8. The smallest absolute Gasteiger partial charge is 0.169 e. The standard InChI is InChI=1S/C17H13N4O.Ir/c1-11-5-3-6-12(2)15(11)21-17(18-9-20-21)13-7-4-8-14-16(13)22-10-19-14;/h3-6,8-10H,1-2H3;/q-1;. The van der Waals surface area contributed by atoms with E-state index < -0.39 is 0 Å². The number of aryl methyl sites for hydroxylation is 2. The maximum absolute atomic E-state index is 5.50. The number of nitrogens with zero attached hydrogens (tertiary/aromatic N) is 4. The van der Waals surface area contributed by atoms with Crippen LogP contribution in [0.2, 0.25) is 0 Å². The van der Waals surface area contributed by atoms with Gasteiger partial charge in [-0.25, -0.2) is 4.98 Å². The molecule has 6 heteroatoms. The number of para-hydroxylation sites is 1. The first kappa shape index (κ1) is 15.6. The van der Waals surface area contributed by atoms with Crippen molar-refractivity contribution < 1.29 is 24.5 Å². The van der Waals surface area contributed by atoms with Crippen molar-refractivity contribution in [2.24, 2.45) is 0 Å². The predicted molar refractivity (Wildman–Crippen MR) is 82.7 cm³/mol. The summed E-state index contributed by atoms with van der Waals surface area (Å²) in [6.45, 7) is 4.12. The Labute approximate surface area is 146 Å². The Morgan fingerprint density at radius 3 is 2.65 bits per heavy atom. The quantitative estimate of drug-likeness (QED) is 0.412. The Bertz CT molecular complexity index is 953. The van der Waals surface area contributed by atoms with Gasteiger partial charge in [0.05, 0.1) is 17.1 Å². The molecule has 0 amide bonds. The second kappa shape index (κ2) is 6.07. The van der Waals surface area contributed by atoms with Crippen LogP contribution in [0.25, 0.3) is 28.2 Å². The van der Waals surface area contributed by atoms with E-state index in [1.165, 1.54) is 6.39 Å². The van der Waals surface area contributed by atoms with Crippen LogP contribution >= 0.6 is 0 Å². The first-order valence-corrected chi connectivity index (χ1v) is 6.96. The topological polar surface area (TPSA) is 56.7 Å². The van der Waals surface area contributed by atoms with E-state index >= 15 is 0 Å². The van der Waals surface area contributed by atoms with Gasteiger partial charge in [0.1, 0.15) is 6.33 Å². The SMILES string of the molecule is Cc1cccc(C)c1-n1ncnc1-c1[c-]ccc2ncoc12.[Ir]. The van der Waals surface area contributed by atoms with Crippen molar-refractivity contribution in [2.75, 3.05) is 0 Å². The molecule has 1 radical (unpaired) electrons. The fraction of sp³-hybridized carbons (Fsp3) is 0.118. The summed E-state index contributed by atoms with van der Waals surface area (Å²) < 4.78 is 7.33. The van der Waals surface area contributed by atoms with Crippen molar-refractivity contribution >= 4 is 11.1 Å². The van der Waals surface area contributed by atoms with Crippen molar-refractivity contribution in [1.82, 2.24) is 19.7 Å². The zero-order chi connectivity index (χ0) is 15.1. The molecular weight excluding hydrogens is 468 g/mol. The van der Waals surface area contributed by atoms with Crippen LogP contribution in [0.3, 0.4) is 0 Å². The van der Waals surface area contributed by atoms with E-state index in [2.05, 4.69) is 47.1 Å². The third-order valence-corrected chi connectivity index (χ3v) is 3.71. The molecule has 0 bridgehead atoms. The predicted octanol–water partition coefficient (Wildman–Crippen LogP) is 3.49. The first-order valence-electron chi connectivity index (χ1n) is 6.96. The number of fused-ring (bicyclic) bond motifs is 1. The molecule has 0 fully saturated rings. The van der Waals surface area contributed by atoms with Crippen LogP contribution in [-0.4, -0.2) is 19.7 Å². The molecule has 0 N–H and O–H groups in total. The fourth-order valence-corrected chi connectivity index (χ4v) is 2.71. The maximum atomic E-state index is 5.50. The minimum absolute atomic E-state index is 0. The summed E-state index contributed by atoms with van der Waals surface area (Å²) in [5.74, 6) is 0.694. The molecule has 0 aliphatic heterocycles. The molecule has 117 valence electrons. The van der Waals surface area contributed by atoms with Gasteiger partial charge in [-0.2, -0.15) is 5.10 Å². The summed E-state index contributed by atoms with van der Waals surface area (Å²) in [4.78, 5) is 8.59. The van der Waals surface area contributed by atoms with Crippen LogP contribution in [0.4, 0.5) is 0 Å². The van der Waals surface area contributed by atoms with E-state index in [1.54, 1.807) is 6.33 Å². The molecule has 0 aliphatic rings. The summed E-state index contributed by atoms with van der Waals surface area (Å²) in [6, 6.07) is 13.0. The molecule has 0 spiro atoms. The average molecular weight is 482 g/mol. The van der Waals surface area contributed by atoms with Gasteiger partial charge < -0.3 is 4.42 Å². The Morgan fingerprint density at radius 2 is 1.87 bits per heavy atom. The van der Waals surface area contributed by atoms with Crippen LogP contribution in [0.5, 0.6) is 0 Å². The third-order valence-electron chi connectivity index (χ3n) is 3.71. The monoisotopic (exact) mass is 482 g/mol. The summed E-state index contributed by atoms with van der Waals surface area (Å²) in [5.41, 5.74) is 5.51. The molecule has 2 heterocycles. The van der Waals surface area contributed by atoms with E-state index in [4.69, 9.17) is 4.42 Å². The van der Waals surface area contributed by atoms with Crippen LogP contribution < -0.4 is 0 Å². The number of hydrogen-bond donors (Lipinski definition) is 0. The molecule has 0 aliphatic carbocycles. The molecule has 2 aromatic heterocycles. The molecule has 0 unspecified atom stereocenters. The van der Waals surface area contributed by atoms with Crippen molar-refractivity contribution in [3.05, 3.63) is 60.2 Å². The zero-order valence-corrected chi connectivity index (χ0v) is 15.0. The molecule has 4 aromatic rings. The van der Waals surface area contributed by atoms with Gasteiger partial charge in [0.15, 0.2) is 6.39 Å². The molecule has 23 heavy (non-hydrogen) atoms. The van der Waals surface area contributed by atoms with Gasteiger partial charge in [0, 0.05) is 25.6 Å². The summed E-state index contributed by atoms with van der Waals surface area (Å²) in [7, 11) is 0. The second-order valence-electron chi connectivity index (χ2n) is 5.16. The van der Waals surface area contributed by atoms with Crippen molar-refractivity contribution in [1.29, 1.82) is 0 Å². The zero-order valence-electron chi connectivity index (χ0n) is 12.6. The van der Waals surface area contributed by atoms with Gasteiger partial charge in [-0.15, -0.1) is 18.2 Å². The summed E-state index contributed by atoms with van der Waals surface area (Å²) in [6.07, 6.45) is 2.98. The second-order valence-corrected chi connectivity index (χ2v) is 5.16. The molecule has 2 aromatic carbocycles. The molecule has 0 atom stereocenters.